The molecule has 0 fully saturated rings. The highest BCUT2D eigenvalue weighted by Crippen LogP contribution is 2.32. The normalized spacial score (nSPS) is 14.4. The summed E-state index contributed by atoms with van der Waals surface area (Å²) in [6.07, 6.45) is 6.38. The summed E-state index contributed by atoms with van der Waals surface area (Å²) in [5, 5.41) is 3.40. The molecule has 0 aliphatic carbocycles. The lowest BCUT2D eigenvalue weighted by molar-refractivity contribution is 0.470. The molecular weight excluding hydrogens is 224 g/mol. The van der Waals surface area contributed by atoms with E-state index < -0.39 is 0 Å². The van der Waals surface area contributed by atoms with E-state index in [0.29, 0.717) is 5.92 Å². The first-order valence-corrected chi connectivity index (χ1v) is 6.41. The molecule has 3 heteroatoms. The molecule has 0 radical (unpaired) electrons. The van der Waals surface area contributed by atoms with Crippen LogP contribution in [0.25, 0.3) is 0 Å². The number of nitrogens with one attached hydrogen (secondary N) is 1. The van der Waals surface area contributed by atoms with Gasteiger partial charge >= 0.3 is 0 Å². The van der Waals surface area contributed by atoms with Crippen LogP contribution in [0.15, 0.2) is 41.3 Å². The molecule has 0 saturated carbocycles. The Bertz CT molecular complexity index is 478. The van der Waals surface area contributed by atoms with Gasteiger partial charge in [-0.15, -0.1) is 0 Å². The Kier molecular flexibility index (Phi) is 4.15. The molecule has 1 N–H and O–H groups in total. The van der Waals surface area contributed by atoms with Gasteiger partial charge in [0.15, 0.2) is 0 Å². The first-order valence-electron chi connectivity index (χ1n) is 6.41. The number of furan rings is 1. The molecule has 2 aromatic rings. The number of hydrogen-bond donors (Lipinski definition) is 1. The van der Waals surface area contributed by atoms with E-state index in [-0.39, 0.29) is 6.04 Å². The zero-order valence-corrected chi connectivity index (χ0v) is 11.2. The molecule has 2 heterocycles. The van der Waals surface area contributed by atoms with E-state index in [0.717, 1.165) is 12.2 Å². The zero-order valence-electron chi connectivity index (χ0n) is 11.2. The molecule has 0 aliphatic heterocycles. The number of likely N-dealkylation sites (N-methyl/N-ethyl adjacent to an activating group) is 1. The van der Waals surface area contributed by atoms with Crippen LogP contribution in [0.3, 0.4) is 0 Å². The number of aromatic nitrogens is 1. The van der Waals surface area contributed by atoms with Crippen LogP contribution in [0.2, 0.25) is 0 Å². The standard InChI is InChI=1S/C15H20N2O/c1-4-14-13(7-10-18-14)15(16-3)11(2)12-5-8-17-9-6-12/h5-11,15-16H,4H2,1-3H3. The van der Waals surface area contributed by atoms with E-state index in [1.54, 1.807) is 6.26 Å². The van der Waals surface area contributed by atoms with Crippen LogP contribution in [0.1, 0.15) is 42.7 Å². The van der Waals surface area contributed by atoms with E-state index in [1.807, 2.05) is 19.4 Å². The van der Waals surface area contributed by atoms with Crippen molar-refractivity contribution < 1.29 is 4.42 Å². The van der Waals surface area contributed by atoms with Crippen LogP contribution in [-0.4, -0.2) is 12.0 Å². The molecule has 0 bridgehead atoms. The second-order valence-corrected chi connectivity index (χ2v) is 4.49. The molecule has 2 unspecified atom stereocenters. The second kappa shape index (κ2) is 5.83. The lowest BCUT2D eigenvalue weighted by Crippen LogP contribution is -2.22. The fourth-order valence-electron chi connectivity index (χ4n) is 2.45. The van der Waals surface area contributed by atoms with Crippen molar-refractivity contribution in [3.63, 3.8) is 0 Å². The maximum atomic E-state index is 5.53. The van der Waals surface area contributed by atoms with Gasteiger partial charge in [0.1, 0.15) is 5.76 Å². The van der Waals surface area contributed by atoms with Crippen molar-refractivity contribution in [1.82, 2.24) is 10.3 Å². The van der Waals surface area contributed by atoms with E-state index in [4.69, 9.17) is 4.42 Å². The Hall–Kier alpha value is -1.61. The van der Waals surface area contributed by atoms with Crippen LogP contribution < -0.4 is 5.32 Å². The highest BCUT2D eigenvalue weighted by atomic mass is 16.3. The van der Waals surface area contributed by atoms with Gasteiger partial charge in [0.05, 0.1) is 6.26 Å². The van der Waals surface area contributed by atoms with Crippen molar-refractivity contribution in [3.8, 4) is 0 Å². The Morgan fingerprint density at radius 2 is 2.00 bits per heavy atom. The number of hydrogen-bond acceptors (Lipinski definition) is 3. The van der Waals surface area contributed by atoms with E-state index in [1.165, 1.54) is 11.1 Å². The quantitative estimate of drug-likeness (QED) is 0.877. The van der Waals surface area contributed by atoms with Crippen molar-refractivity contribution >= 4 is 0 Å². The second-order valence-electron chi connectivity index (χ2n) is 4.49. The minimum atomic E-state index is 0.265. The summed E-state index contributed by atoms with van der Waals surface area (Å²) in [6, 6.07) is 6.47. The maximum Gasteiger partial charge on any atom is 0.108 e. The van der Waals surface area contributed by atoms with Crippen molar-refractivity contribution in [1.29, 1.82) is 0 Å². The summed E-state index contributed by atoms with van der Waals surface area (Å²) >= 11 is 0. The van der Waals surface area contributed by atoms with Crippen molar-refractivity contribution in [2.24, 2.45) is 0 Å². The molecule has 96 valence electrons. The van der Waals surface area contributed by atoms with Crippen LogP contribution >= 0.6 is 0 Å². The lowest BCUT2D eigenvalue weighted by atomic mass is 9.89. The number of nitrogens with zero attached hydrogens (tertiary/aromatic N) is 1. The van der Waals surface area contributed by atoms with E-state index in [2.05, 4.69) is 42.3 Å². The summed E-state index contributed by atoms with van der Waals surface area (Å²) < 4.78 is 5.53. The molecular formula is C15H20N2O. The summed E-state index contributed by atoms with van der Waals surface area (Å²) in [4.78, 5) is 4.07. The van der Waals surface area contributed by atoms with Crippen LogP contribution in [-0.2, 0) is 6.42 Å². The van der Waals surface area contributed by atoms with E-state index >= 15 is 0 Å². The van der Waals surface area contributed by atoms with E-state index in [9.17, 15) is 0 Å². The summed E-state index contributed by atoms with van der Waals surface area (Å²) in [5.41, 5.74) is 2.54. The Morgan fingerprint density at radius 3 is 2.61 bits per heavy atom. The third-order valence-electron chi connectivity index (χ3n) is 3.48. The molecule has 2 rings (SSSR count). The third kappa shape index (κ3) is 2.46. The Morgan fingerprint density at radius 1 is 1.28 bits per heavy atom. The fraction of sp³-hybridized carbons (Fsp3) is 0.400. The average molecular weight is 244 g/mol. The minimum Gasteiger partial charge on any atom is -0.469 e. The predicted molar refractivity (Wildman–Crippen MR) is 72.5 cm³/mol. The number of rotatable bonds is 5. The molecule has 0 spiro atoms. The predicted octanol–water partition coefficient (Wildman–Crippen LogP) is 3.30. The summed E-state index contributed by atoms with van der Waals surface area (Å²) in [5.74, 6) is 1.44. The lowest BCUT2D eigenvalue weighted by Gasteiger charge is -2.24. The van der Waals surface area contributed by atoms with Gasteiger partial charge in [0, 0.05) is 36.3 Å². The topological polar surface area (TPSA) is 38.1 Å². The van der Waals surface area contributed by atoms with Gasteiger partial charge in [-0.25, -0.2) is 0 Å². The van der Waals surface area contributed by atoms with Crippen molar-refractivity contribution in [3.05, 3.63) is 53.7 Å². The summed E-state index contributed by atoms with van der Waals surface area (Å²) in [6.45, 7) is 4.34. The first-order chi connectivity index (χ1) is 8.77. The van der Waals surface area contributed by atoms with Gasteiger partial charge in [-0.05, 0) is 30.8 Å². The largest absolute Gasteiger partial charge is 0.469 e. The van der Waals surface area contributed by atoms with Crippen LogP contribution in [0.4, 0.5) is 0 Å². The molecule has 0 aliphatic rings. The first kappa shape index (κ1) is 12.8. The zero-order chi connectivity index (χ0) is 13.0. The van der Waals surface area contributed by atoms with Crippen molar-refractivity contribution in [2.75, 3.05) is 7.05 Å². The maximum absolute atomic E-state index is 5.53. The number of pyridine rings is 1. The summed E-state index contributed by atoms with van der Waals surface area (Å²) in [7, 11) is 1.99. The molecule has 2 atom stereocenters. The minimum absolute atomic E-state index is 0.265. The number of aryl methyl sites for hydroxylation is 1. The average Bonchev–Trinajstić information content (AvgIpc) is 2.89. The molecule has 0 saturated heterocycles. The van der Waals surface area contributed by atoms with Gasteiger partial charge in [-0.2, -0.15) is 0 Å². The van der Waals surface area contributed by atoms with Gasteiger partial charge < -0.3 is 9.73 Å². The highest BCUT2D eigenvalue weighted by Gasteiger charge is 2.22. The third-order valence-corrected chi connectivity index (χ3v) is 3.48. The monoisotopic (exact) mass is 244 g/mol. The molecule has 0 aromatic carbocycles. The Balaban J connectivity index is 2.29. The molecule has 0 amide bonds. The Labute approximate surface area is 108 Å². The smallest absolute Gasteiger partial charge is 0.108 e. The van der Waals surface area contributed by atoms with Gasteiger partial charge in [0.25, 0.3) is 0 Å². The highest BCUT2D eigenvalue weighted by molar-refractivity contribution is 5.28. The fourth-order valence-corrected chi connectivity index (χ4v) is 2.45. The van der Waals surface area contributed by atoms with Gasteiger partial charge in [0.2, 0.25) is 0 Å². The van der Waals surface area contributed by atoms with Crippen molar-refractivity contribution in [2.45, 2.75) is 32.2 Å². The van der Waals surface area contributed by atoms with Gasteiger partial charge in [-0.1, -0.05) is 13.8 Å². The molecule has 3 nitrogen and oxygen atoms in total. The van der Waals surface area contributed by atoms with Crippen LogP contribution in [0, 0.1) is 0 Å². The van der Waals surface area contributed by atoms with Crippen LogP contribution in [0.5, 0.6) is 0 Å². The molecule has 18 heavy (non-hydrogen) atoms. The van der Waals surface area contributed by atoms with Gasteiger partial charge in [-0.3, -0.25) is 4.98 Å². The SMILES string of the molecule is CCc1occc1C(NC)C(C)c1ccncc1. The molecule has 2 aromatic heterocycles.